The van der Waals surface area contributed by atoms with Gasteiger partial charge in [0.15, 0.2) is 11.6 Å². The molecule has 0 saturated carbocycles. The Balaban J connectivity index is 0.000000184. The van der Waals surface area contributed by atoms with Crippen LogP contribution in [0.25, 0.3) is 55.5 Å². The van der Waals surface area contributed by atoms with Gasteiger partial charge in [0.1, 0.15) is 17.1 Å². The number of nitrogens with one attached hydrogen (secondary N) is 2. The number of carbonyl (C=O) groups is 2. The summed E-state index contributed by atoms with van der Waals surface area (Å²) < 4.78 is 39.9. The standard InChI is InChI=1S/C20H19N5O2.C17H16F3N5O2/c1-11(2)25(3)19-18(12-4-6-15-14(8-12)10-21-24-15)22-16-7-5-13(20(26)27)9-17(16)23-19;1-8(2)25(3)15-13(10-7-21-24-14(10)17(18,19)20)22-11-5-4-9(16(26)27)6-12(11)23-15/h4-11H,1-3H3,(H,21,24)(H,26,27);4-8H,1-3H3,(H,21,24)(H,26,27). The summed E-state index contributed by atoms with van der Waals surface area (Å²) in [7, 11) is 3.64. The van der Waals surface area contributed by atoms with Crippen LogP contribution in [-0.2, 0) is 6.18 Å². The maximum atomic E-state index is 13.3. The third-order valence-corrected chi connectivity index (χ3v) is 8.89. The number of hydrogen-bond acceptors (Lipinski definition) is 10. The number of benzene rings is 3. The lowest BCUT2D eigenvalue weighted by Crippen LogP contribution is -2.27. The molecule has 0 atom stereocenters. The van der Waals surface area contributed by atoms with E-state index in [1.54, 1.807) is 36.3 Å². The number of halogens is 3. The number of hydrogen-bond donors (Lipinski definition) is 4. The van der Waals surface area contributed by atoms with Crippen molar-refractivity contribution in [3.05, 3.63) is 83.8 Å². The molecule has 4 N–H and O–H groups in total. The third-order valence-electron chi connectivity index (χ3n) is 8.89. The maximum absolute atomic E-state index is 13.3. The molecular formula is C37H35F3N10O4. The molecule has 14 nitrogen and oxygen atoms in total. The SMILES string of the molecule is CC(C)N(C)c1nc2cc(C(=O)O)ccc2nc1-c1ccc2[nH]ncc2c1.CC(C)N(C)c1nc2cc(C(=O)O)ccc2nc1-c1cn[nH]c1C(F)(F)F. The number of carboxylic acids is 2. The first-order chi connectivity index (χ1) is 25.5. The number of aromatic amines is 2. The monoisotopic (exact) mass is 740 g/mol. The summed E-state index contributed by atoms with van der Waals surface area (Å²) in [5, 5.41) is 31.9. The fourth-order valence-corrected chi connectivity index (χ4v) is 5.48. The summed E-state index contributed by atoms with van der Waals surface area (Å²) in [4.78, 5) is 44.5. The number of aromatic carboxylic acids is 2. The summed E-state index contributed by atoms with van der Waals surface area (Å²) in [6.07, 6.45) is -1.80. The molecule has 0 spiro atoms. The van der Waals surface area contributed by atoms with E-state index in [9.17, 15) is 27.9 Å². The van der Waals surface area contributed by atoms with Gasteiger partial charge in [0.25, 0.3) is 0 Å². The van der Waals surface area contributed by atoms with Gasteiger partial charge in [-0.1, -0.05) is 6.07 Å². The molecule has 4 aromatic heterocycles. The summed E-state index contributed by atoms with van der Waals surface area (Å²) in [6, 6.07) is 15.0. The molecule has 278 valence electrons. The van der Waals surface area contributed by atoms with Crippen molar-refractivity contribution in [1.29, 1.82) is 0 Å². The van der Waals surface area contributed by atoms with Gasteiger partial charge < -0.3 is 20.0 Å². The Morgan fingerprint density at radius 3 is 1.70 bits per heavy atom. The van der Waals surface area contributed by atoms with E-state index in [0.717, 1.165) is 28.4 Å². The fraction of sp³-hybridized carbons (Fsp3) is 0.243. The van der Waals surface area contributed by atoms with E-state index in [1.807, 2.05) is 49.1 Å². The highest BCUT2D eigenvalue weighted by molar-refractivity contribution is 5.95. The van der Waals surface area contributed by atoms with Gasteiger partial charge in [0.05, 0.1) is 56.7 Å². The molecule has 0 fully saturated rings. The fourth-order valence-electron chi connectivity index (χ4n) is 5.48. The van der Waals surface area contributed by atoms with Gasteiger partial charge in [-0.2, -0.15) is 23.4 Å². The minimum atomic E-state index is -4.64. The molecule has 0 aliphatic rings. The minimum Gasteiger partial charge on any atom is -0.478 e. The predicted octanol–water partition coefficient (Wildman–Crippen LogP) is 7.30. The first kappa shape index (κ1) is 37.1. The van der Waals surface area contributed by atoms with Crippen molar-refractivity contribution in [2.24, 2.45) is 0 Å². The lowest BCUT2D eigenvalue weighted by Gasteiger charge is -2.25. The van der Waals surface area contributed by atoms with Crippen molar-refractivity contribution in [2.75, 3.05) is 23.9 Å². The smallest absolute Gasteiger partial charge is 0.433 e. The van der Waals surface area contributed by atoms with E-state index in [-0.39, 0.29) is 51.3 Å². The Hall–Kier alpha value is -6.65. The second-order valence-electron chi connectivity index (χ2n) is 13.0. The number of carboxylic acid groups (broad SMARTS) is 2. The Morgan fingerprint density at radius 2 is 1.19 bits per heavy atom. The number of alkyl halides is 3. The summed E-state index contributed by atoms with van der Waals surface area (Å²) in [5.74, 6) is -1.20. The lowest BCUT2D eigenvalue weighted by molar-refractivity contribution is -0.140. The highest BCUT2D eigenvalue weighted by Gasteiger charge is 2.37. The molecule has 0 saturated heterocycles. The summed E-state index contributed by atoms with van der Waals surface area (Å²) >= 11 is 0. The van der Waals surface area contributed by atoms with Crippen molar-refractivity contribution in [3.8, 4) is 22.5 Å². The molecule has 7 rings (SSSR count). The van der Waals surface area contributed by atoms with Gasteiger partial charge in [-0.3, -0.25) is 10.2 Å². The van der Waals surface area contributed by atoms with Crippen molar-refractivity contribution >= 4 is 56.5 Å². The quantitative estimate of drug-likeness (QED) is 0.122. The molecular weight excluding hydrogens is 705 g/mol. The average molecular weight is 741 g/mol. The van der Waals surface area contributed by atoms with Gasteiger partial charge in [-0.05, 0) is 76.2 Å². The second kappa shape index (κ2) is 14.4. The van der Waals surface area contributed by atoms with Crippen LogP contribution in [0.5, 0.6) is 0 Å². The average Bonchev–Trinajstić information content (AvgIpc) is 3.83. The Kier molecular flexibility index (Phi) is 9.90. The van der Waals surface area contributed by atoms with Gasteiger partial charge in [0.2, 0.25) is 0 Å². The summed E-state index contributed by atoms with van der Waals surface area (Å²) in [6.45, 7) is 7.85. The molecule has 0 aliphatic carbocycles. The Morgan fingerprint density at radius 1 is 0.667 bits per heavy atom. The Bertz CT molecular complexity index is 2530. The van der Waals surface area contributed by atoms with Gasteiger partial charge >= 0.3 is 18.1 Å². The van der Waals surface area contributed by atoms with Crippen LogP contribution in [0, 0.1) is 0 Å². The first-order valence-electron chi connectivity index (χ1n) is 16.6. The molecule has 3 aromatic carbocycles. The largest absolute Gasteiger partial charge is 0.478 e. The van der Waals surface area contributed by atoms with E-state index in [4.69, 9.17) is 15.1 Å². The first-order valence-corrected chi connectivity index (χ1v) is 16.6. The third kappa shape index (κ3) is 7.33. The number of anilines is 2. The van der Waals surface area contributed by atoms with Crippen molar-refractivity contribution in [2.45, 2.75) is 46.0 Å². The van der Waals surface area contributed by atoms with E-state index in [2.05, 4.69) is 39.1 Å². The van der Waals surface area contributed by atoms with E-state index >= 15 is 0 Å². The molecule has 0 radical (unpaired) electrons. The molecule has 0 bridgehead atoms. The molecule has 17 heteroatoms. The van der Waals surface area contributed by atoms with Crippen molar-refractivity contribution < 1.29 is 33.0 Å². The molecule has 4 heterocycles. The normalized spacial score (nSPS) is 11.7. The zero-order chi connectivity index (χ0) is 39.1. The minimum absolute atomic E-state index is 0.0157. The van der Waals surface area contributed by atoms with Crippen LogP contribution >= 0.6 is 0 Å². The summed E-state index contributed by atoms with van der Waals surface area (Å²) in [5.41, 5.74) is 3.41. The van der Waals surface area contributed by atoms with Crippen molar-refractivity contribution in [3.63, 3.8) is 0 Å². The van der Waals surface area contributed by atoms with E-state index in [0.29, 0.717) is 16.9 Å². The van der Waals surface area contributed by atoms with Crippen LogP contribution < -0.4 is 9.80 Å². The zero-order valence-corrected chi connectivity index (χ0v) is 29.9. The topological polar surface area (TPSA) is 190 Å². The number of H-pyrrole nitrogens is 2. The Labute approximate surface area is 305 Å². The second-order valence-corrected chi connectivity index (χ2v) is 13.0. The molecule has 0 aliphatic heterocycles. The molecule has 0 unspecified atom stereocenters. The lowest BCUT2D eigenvalue weighted by atomic mass is 10.1. The molecule has 7 aromatic rings. The van der Waals surface area contributed by atoms with Crippen LogP contribution in [0.15, 0.2) is 67.0 Å². The number of nitrogens with zero attached hydrogens (tertiary/aromatic N) is 8. The zero-order valence-electron chi connectivity index (χ0n) is 29.9. The number of aromatic nitrogens is 8. The van der Waals surface area contributed by atoms with E-state index in [1.165, 1.54) is 18.2 Å². The van der Waals surface area contributed by atoms with Crippen LogP contribution in [-0.4, -0.2) is 88.7 Å². The van der Waals surface area contributed by atoms with Gasteiger partial charge in [-0.25, -0.2) is 29.5 Å². The maximum Gasteiger partial charge on any atom is 0.433 e. The van der Waals surface area contributed by atoms with Gasteiger partial charge in [0, 0.05) is 37.1 Å². The highest BCUT2D eigenvalue weighted by atomic mass is 19.4. The molecule has 0 amide bonds. The van der Waals surface area contributed by atoms with Crippen LogP contribution in [0.3, 0.4) is 0 Å². The van der Waals surface area contributed by atoms with Crippen LogP contribution in [0.4, 0.5) is 24.8 Å². The van der Waals surface area contributed by atoms with Gasteiger partial charge in [-0.15, -0.1) is 0 Å². The van der Waals surface area contributed by atoms with Crippen LogP contribution in [0.1, 0.15) is 54.1 Å². The predicted molar refractivity (Wildman–Crippen MR) is 198 cm³/mol. The molecule has 54 heavy (non-hydrogen) atoms. The van der Waals surface area contributed by atoms with E-state index < -0.39 is 23.8 Å². The van der Waals surface area contributed by atoms with Crippen molar-refractivity contribution in [1.82, 2.24) is 40.3 Å². The number of rotatable bonds is 8. The highest BCUT2D eigenvalue weighted by Crippen LogP contribution is 2.39. The number of fused-ring (bicyclic) bond motifs is 3. The van der Waals surface area contributed by atoms with Crippen LogP contribution in [0.2, 0.25) is 0 Å².